The van der Waals surface area contributed by atoms with Gasteiger partial charge in [0.15, 0.2) is 0 Å². The predicted octanol–water partition coefficient (Wildman–Crippen LogP) is -0.0976. The third kappa shape index (κ3) is 2.10. The van der Waals surface area contributed by atoms with Crippen molar-refractivity contribution in [3.63, 3.8) is 0 Å². The summed E-state index contributed by atoms with van der Waals surface area (Å²) in [5, 5.41) is 2.93. The van der Waals surface area contributed by atoms with E-state index >= 15 is 0 Å². The van der Waals surface area contributed by atoms with E-state index in [2.05, 4.69) is 5.32 Å². The summed E-state index contributed by atoms with van der Waals surface area (Å²) in [7, 11) is 0. The van der Waals surface area contributed by atoms with Gasteiger partial charge in [-0.15, -0.1) is 0 Å². The van der Waals surface area contributed by atoms with Gasteiger partial charge in [-0.3, -0.25) is 19.8 Å². The largest absolute Gasteiger partial charge is 0.376 e. The second kappa shape index (κ2) is 4.14. The van der Waals surface area contributed by atoms with E-state index in [0.717, 1.165) is 19.4 Å². The lowest BCUT2D eigenvalue weighted by atomic mass is 10.00. The zero-order chi connectivity index (χ0) is 11.8. The monoisotopic (exact) mass is 226 g/mol. The van der Waals surface area contributed by atoms with E-state index in [1.165, 1.54) is 4.90 Å². The van der Waals surface area contributed by atoms with Crippen molar-refractivity contribution in [1.29, 1.82) is 0 Å². The number of ether oxygens (including phenoxy) is 1. The van der Waals surface area contributed by atoms with Crippen molar-refractivity contribution in [3.05, 3.63) is 0 Å². The Kier molecular flexibility index (Phi) is 2.99. The molecule has 2 rings (SSSR count). The first-order valence-electron chi connectivity index (χ1n) is 5.72. The topological polar surface area (TPSA) is 58.6 Å². The molecule has 5 heteroatoms. The number of carbonyl (C=O) groups excluding carboxylic acids is 2. The zero-order valence-electron chi connectivity index (χ0n) is 9.78. The number of amides is 2. The van der Waals surface area contributed by atoms with Gasteiger partial charge in [-0.2, -0.15) is 0 Å². The maximum Gasteiger partial charge on any atom is 0.249 e. The van der Waals surface area contributed by atoms with E-state index in [1.54, 1.807) is 13.8 Å². The second-order valence-corrected chi connectivity index (χ2v) is 4.92. The first-order chi connectivity index (χ1) is 7.50. The van der Waals surface area contributed by atoms with Gasteiger partial charge >= 0.3 is 0 Å². The van der Waals surface area contributed by atoms with E-state index in [9.17, 15) is 9.59 Å². The number of piperazine rings is 1. The van der Waals surface area contributed by atoms with Crippen molar-refractivity contribution in [2.45, 2.75) is 38.3 Å². The van der Waals surface area contributed by atoms with Gasteiger partial charge in [-0.05, 0) is 26.7 Å². The van der Waals surface area contributed by atoms with Crippen molar-refractivity contribution in [2.24, 2.45) is 0 Å². The molecule has 2 amide bonds. The van der Waals surface area contributed by atoms with Gasteiger partial charge in [0.2, 0.25) is 11.8 Å². The minimum Gasteiger partial charge on any atom is -0.376 e. The molecule has 0 saturated carbocycles. The van der Waals surface area contributed by atoms with E-state index < -0.39 is 5.54 Å². The lowest BCUT2D eigenvalue weighted by Crippen LogP contribution is -2.64. The van der Waals surface area contributed by atoms with Gasteiger partial charge in [-0.25, -0.2) is 0 Å². The maximum atomic E-state index is 12.0. The first-order valence-corrected chi connectivity index (χ1v) is 5.72. The molecular formula is C11H18N2O3. The molecule has 90 valence electrons. The molecule has 0 radical (unpaired) electrons. The van der Waals surface area contributed by atoms with Gasteiger partial charge in [0.1, 0.15) is 0 Å². The molecule has 0 aromatic carbocycles. The number of rotatable bonds is 2. The Morgan fingerprint density at radius 2 is 2.25 bits per heavy atom. The van der Waals surface area contributed by atoms with Crippen molar-refractivity contribution >= 4 is 11.8 Å². The number of carbonyl (C=O) groups is 2. The van der Waals surface area contributed by atoms with Gasteiger partial charge in [0, 0.05) is 6.61 Å². The molecule has 2 heterocycles. The summed E-state index contributed by atoms with van der Waals surface area (Å²) in [5.41, 5.74) is -0.646. The van der Waals surface area contributed by atoms with Crippen LogP contribution in [0, 0.1) is 0 Å². The molecule has 0 aromatic rings. The molecule has 0 bridgehead atoms. The molecule has 0 spiro atoms. The fourth-order valence-electron chi connectivity index (χ4n) is 2.09. The van der Waals surface area contributed by atoms with Crippen LogP contribution in [-0.4, -0.2) is 48.1 Å². The Hall–Kier alpha value is -0.940. The average Bonchev–Trinajstić information content (AvgIpc) is 2.72. The predicted molar refractivity (Wildman–Crippen MR) is 57.8 cm³/mol. The molecule has 0 aromatic heterocycles. The Morgan fingerprint density at radius 3 is 2.88 bits per heavy atom. The Morgan fingerprint density at radius 1 is 1.50 bits per heavy atom. The third-order valence-electron chi connectivity index (χ3n) is 3.17. The fraction of sp³-hybridized carbons (Fsp3) is 0.818. The van der Waals surface area contributed by atoms with Crippen molar-refractivity contribution in [3.8, 4) is 0 Å². The van der Waals surface area contributed by atoms with Crippen molar-refractivity contribution in [1.82, 2.24) is 10.2 Å². The highest BCUT2D eigenvalue weighted by Gasteiger charge is 2.40. The van der Waals surface area contributed by atoms with Crippen LogP contribution in [0.25, 0.3) is 0 Å². The maximum absolute atomic E-state index is 12.0. The number of hydrogen-bond donors (Lipinski definition) is 1. The molecule has 1 N–H and O–H groups in total. The molecule has 0 aliphatic carbocycles. The highest BCUT2D eigenvalue weighted by molar-refractivity contribution is 6.03. The van der Waals surface area contributed by atoms with E-state index in [0.29, 0.717) is 6.54 Å². The lowest BCUT2D eigenvalue weighted by Gasteiger charge is -2.37. The van der Waals surface area contributed by atoms with Crippen LogP contribution in [-0.2, 0) is 14.3 Å². The van der Waals surface area contributed by atoms with Crippen LogP contribution in [0.3, 0.4) is 0 Å². The quantitative estimate of drug-likeness (QED) is 0.668. The SMILES string of the molecule is CC1(C)NCC(=O)N(CC2CCCO2)C1=O. The second-order valence-electron chi connectivity index (χ2n) is 4.92. The van der Waals surface area contributed by atoms with E-state index in [-0.39, 0.29) is 24.5 Å². The normalized spacial score (nSPS) is 29.9. The smallest absolute Gasteiger partial charge is 0.249 e. The van der Waals surface area contributed by atoms with Crippen LogP contribution < -0.4 is 5.32 Å². The molecule has 2 aliphatic heterocycles. The molecule has 2 fully saturated rings. The molecule has 2 saturated heterocycles. The summed E-state index contributed by atoms with van der Waals surface area (Å²) < 4.78 is 5.45. The standard InChI is InChI=1S/C11H18N2O3/c1-11(2)10(15)13(9(14)6-12-11)7-8-4-3-5-16-8/h8,12H,3-7H2,1-2H3. The molecular weight excluding hydrogens is 208 g/mol. The molecule has 16 heavy (non-hydrogen) atoms. The van der Waals surface area contributed by atoms with Crippen molar-refractivity contribution < 1.29 is 14.3 Å². The van der Waals surface area contributed by atoms with Crippen LogP contribution >= 0.6 is 0 Å². The summed E-state index contributed by atoms with van der Waals surface area (Å²) in [6.45, 7) is 4.96. The zero-order valence-corrected chi connectivity index (χ0v) is 9.78. The lowest BCUT2D eigenvalue weighted by molar-refractivity contribution is -0.154. The highest BCUT2D eigenvalue weighted by atomic mass is 16.5. The fourth-order valence-corrected chi connectivity index (χ4v) is 2.09. The van der Waals surface area contributed by atoms with Crippen LogP contribution in [0.5, 0.6) is 0 Å². The molecule has 2 aliphatic rings. The van der Waals surface area contributed by atoms with E-state index in [1.807, 2.05) is 0 Å². The van der Waals surface area contributed by atoms with Crippen molar-refractivity contribution in [2.75, 3.05) is 19.7 Å². The third-order valence-corrected chi connectivity index (χ3v) is 3.17. The summed E-state index contributed by atoms with van der Waals surface area (Å²) in [5.74, 6) is -0.306. The molecule has 5 nitrogen and oxygen atoms in total. The Bertz CT molecular complexity index is 308. The summed E-state index contributed by atoms with van der Waals surface area (Å²) in [4.78, 5) is 25.0. The number of nitrogens with one attached hydrogen (secondary N) is 1. The Labute approximate surface area is 95.1 Å². The van der Waals surface area contributed by atoms with Crippen LogP contribution in [0.15, 0.2) is 0 Å². The van der Waals surface area contributed by atoms with Crippen LogP contribution in [0.1, 0.15) is 26.7 Å². The minimum absolute atomic E-state index is 0.0294. The average molecular weight is 226 g/mol. The summed E-state index contributed by atoms with van der Waals surface area (Å²) in [6.07, 6.45) is 1.98. The Balaban J connectivity index is 2.05. The van der Waals surface area contributed by atoms with Gasteiger partial charge in [0.05, 0.1) is 24.7 Å². The highest BCUT2D eigenvalue weighted by Crippen LogP contribution is 2.18. The molecule has 1 unspecified atom stereocenters. The number of hydrogen-bond acceptors (Lipinski definition) is 4. The number of imide groups is 1. The summed E-state index contributed by atoms with van der Waals surface area (Å²) in [6, 6.07) is 0. The van der Waals surface area contributed by atoms with Gasteiger partial charge in [-0.1, -0.05) is 0 Å². The van der Waals surface area contributed by atoms with Gasteiger partial charge in [0.25, 0.3) is 0 Å². The van der Waals surface area contributed by atoms with Crippen LogP contribution in [0.4, 0.5) is 0 Å². The van der Waals surface area contributed by atoms with E-state index in [4.69, 9.17) is 4.74 Å². The summed E-state index contributed by atoms with van der Waals surface area (Å²) >= 11 is 0. The number of nitrogens with zero attached hydrogens (tertiary/aromatic N) is 1. The molecule has 1 atom stereocenters. The first kappa shape index (κ1) is 11.5. The van der Waals surface area contributed by atoms with Crippen LogP contribution in [0.2, 0.25) is 0 Å². The minimum atomic E-state index is -0.646. The van der Waals surface area contributed by atoms with Gasteiger partial charge < -0.3 is 4.74 Å².